The van der Waals surface area contributed by atoms with Crippen molar-refractivity contribution in [3.63, 3.8) is 0 Å². The Balaban J connectivity index is 1.88. The van der Waals surface area contributed by atoms with Gasteiger partial charge in [0, 0.05) is 29.5 Å². The Morgan fingerprint density at radius 3 is 2.88 bits per heavy atom. The lowest BCUT2D eigenvalue weighted by atomic mass is 10.1. The van der Waals surface area contributed by atoms with Crippen LogP contribution in [-0.4, -0.2) is 30.3 Å². The Labute approximate surface area is 111 Å². The third-order valence-corrected chi connectivity index (χ3v) is 4.03. The van der Waals surface area contributed by atoms with Crippen molar-refractivity contribution in [3.8, 4) is 0 Å². The molecule has 1 heterocycles. The molecule has 0 spiro atoms. The smallest absolute Gasteiger partial charge is 0.165 e. The first kappa shape index (κ1) is 12.8. The summed E-state index contributed by atoms with van der Waals surface area (Å²) in [5.41, 5.74) is 0.805. The van der Waals surface area contributed by atoms with Crippen LogP contribution in [0.15, 0.2) is 28.7 Å². The summed E-state index contributed by atoms with van der Waals surface area (Å²) in [5.74, 6) is 1.02. The van der Waals surface area contributed by atoms with Crippen LogP contribution < -0.4 is 0 Å². The van der Waals surface area contributed by atoms with Crippen LogP contribution in [0.5, 0.6) is 0 Å². The second kappa shape index (κ2) is 5.78. The zero-order valence-corrected chi connectivity index (χ0v) is 11.7. The Morgan fingerprint density at radius 2 is 2.24 bits per heavy atom. The molecule has 2 rings (SSSR count). The number of carbonyl (C=O) groups is 1. The highest BCUT2D eigenvalue weighted by Crippen LogP contribution is 2.19. The maximum absolute atomic E-state index is 12.0. The summed E-state index contributed by atoms with van der Waals surface area (Å²) >= 11 is 3.43. The SMILES string of the molecule is CC1CCN(CCC(=O)c2ccccc2Br)C1. The second-order valence-electron chi connectivity index (χ2n) is 4.85. The van der Waals surface area contributed by atoms with Crippen molar-refractivity contribution in [2.24, 2.45) is 5.92 Å². The highest BCUT2D eigenvalue weighted by atomic mass is 79.9. The number of Topliss-reactive ketones (excluding diaryl/α,β-unsaturated/α-hetero) is 1. The molecule has 1 aliphatic rings. The largest absolute Gasteiger partial charge is 0.303 e. The Hall–Kier alpha value is -0.670. The summed E-state index contributed by atoms with van der Waals surface area (Å²) in [7, 11) is 0. The van der Waals surface area contributed by atoms with E-state index in [0.717, 1.165) is 35.6 Å². The van der Waals surface area contributed by atoms with E-state index in [9.17, 15) is 4.79 Å². The first-order chi connectivity index (χ1) is 8.16. The summed E-state index contributed by atoms with van der Waals surface area (Å²) < 4.78 is 0.903. The van der Waals surface area contributed by atoms with Gasteiger partial charge in [0.05, 0.1) is 0 Å². The number of rotatable bonds is 4. The van der Waals surface area contributed by atoms with E-state index in [1.54, 1.807) is 0 Å². The van der Waals surface area contributed by atoms with Gasteiger partial charge in [-0.3, -0.25) is 4.79 Å². The topological polar surface area (TPSA) is 20.3 Å². The van der Waals surface area contributed by atoms with Crippen LogP contribution in [0.3, 0.4) is 0 Å². The predicted molar refractivity (Wildman–Crippen MR) is 73.3 cm³/mol. The van der Waals surface area contributed by atoms with Crippen LogP contribution in [0.4, 0.5) is 0 Å². The van der Waals surface area contributed by atoms with Gasteiger partial charge in [-0.15, -0.1) is 0 Å². The average Bonchev–Trinajstić information content (AvgIpc) is 2.73. The summed E-state index contributed by atoms with van der Waals surface area (Å²) in [6.07, 6.45) is 1.89. The summed E-state index contributed by atoms with van der Waals surface area (Å²) in [4.78, 5) is 14.4. The van der Waals surface area contributed by atoms with Gasteiger partial charge in [-0.2, -0.15) is 0 Å². The van der Waals surface area contributed by atoms with Gasteiger partial charge in [0.15, 0.2) is 5.78 Å². The summed E-state index contributed by atoms with van der Waals surface area (Å²) in [6, 6.07) is 7.66. The Morgan fingerprint density at radius 1 is 1.47 bits per heavy atom. The molecular formula is C14H18BrNO. The van der Waals surface area contributed by atoms with E-state index in [1.807, 2.05) is 24.3 Å². The molecule has 1 fully saturated rings. The molecular weight excluding hydrogens is 278 g/mol. The molecule has 0 bridgehead atoms. The van der Waals surface area contributed by atoms with Crippen LogP contribution in [-0.2, 0) is 0 Å². The quantitative estimate of drug-likeness (QED) is 0.794. The molecule has 1 aromatic rings. The van der Waals surface area contributed by atoms with Gasteiger partial charge < -0.3 is 4.90 Å². The molecule has 0 N–H and O–H groups in total. The standard InChI is InChI=1S/C14H18BrNO/c1-11-6-8-16(10-11)9-7-14(17)12-4-2-3-5-13(12)15/h2-5,11H,6-10H2,1H3. The molecule has 17 heavy (non-hydrogen) atoms. The number of hydrogen-bond acceptors (Lipinski definition) is 2. The number of hydrogen-bond donors (Lipinski definition) is 0. The van der Waals surface area contributed by atoms with Gasteiger partial charge >= 0.3 is 0 Å². The number of carbonyl (C=O) groups excluding carboxylic acids is 1. The van der Waals surface area contributed by atoms with Crippen LogP contribution in [0.1, 0.15) is 30.1 Å². The molecule has 1 saturated heterocycles. The fourth-order valence-electron chi connectivity index (χ4n) is 2.31. The summed E-state index contributed by atoms with van der Waals surface area (Å²) in [5, 5.41) is 0. The lowest BCUT2D eigenvalue weighted by molar-refractivity contribution is 0.0967. The van der Waals surface area contributed by atoms with E-state index < -0.39 is 0 Å². The van der Waals surface area contributed by atoms with Crippen molar-refractivity contribution < 1.29 is 4.79 Å². The van der Waals surface area contributed by atoms with E-state index in [0.29, 0.717) is 6.42 Å². The summed E-state index contributed by atoms with van der Waals surface area (Å²) in [6.45, 7) is 5.45. The number of halogens is 1. The van der Waals surface area contributed by atoms with Gasteiger partial charge in [-0.05, 0) is 24.9 Å². The maximum atomic E-state index is 12.0. The van der Waals surface area contributed by atoms with Gasteiger partial charge in [-0.25, -0.2) is 0 Å². The zero-order valence-electron chi connectivity index (χ0n) is 10.2. The van der Waals surface area contributed by atoms with E-state index in [-0.39, 0.29) is 5.78 Å². The minimum atomic E-state index is 0.233. The first-order valence-electron chi connectivity index (χ1n) is 6.17. The Bertz CT molecular complexity index is 405. The number of ketones is 1. The van der Waals surface area contributed by atoms with Gasteiger partial charge in [-0.1, -0.05) is 41.1 Å². The predicted octanol–water partition coefficient (Wildman–Crippen LogP) is 3.36. The highest BCUT2D eigenvalue weighted by molar-refractivity contribution is 9.10. The lowest BCUT2D eigenvalue weighted by Crippen LogP contribution is -2.23. The van der Waals surface area contributed by atoms with Crippen molar-refractivity contribution in [2.45, 2.75) is 19.8 Å². The lowest BCUT2D eigenvalue weighted by Gasteiger charge is -2.14. The highest BCUT2D eigenvalue weighted by Gasteiger charge is 2.19. The minimum absolute atomic E-state index is 0.233. The zero-order chi connectivity index (χ0) is 12.3. The molecule has 0 aromatic heterocycles. The van der Waals surface area contributed by atoms with Crippen molar-refractivity contribution in [1.29, 1.82) is 0 Å². The van der Waals surface area contributed by atoms with E-state index in [4.69, 9.17) is 0 Å². The molecule has 0 amide bonds. The molecule has 1 aliphatic heterocycles. The monoisotopic (exact) mass is 295 g/mol. The number of benzene rings is 1. The van der Waals surface area contributed by atoms with E-state index >= 15 is 0 Å². The molecule has 0 saturated carbocycles. The second-order valence-corrected chi connectivity index (χ2v) is 5.70. The fourth-order valence-corrected chi connectivity index (χ4v) is 2.82. The van der Waals surface area contributed by atoms with Gasteiger partial charge in [0.2, 0.25) is 0 Å². The van der Waals surface area contributed by atoms with E-state index in [2.05, 4.69) is 27.8 Å². The normalized spacial score (nSPS) is 20.7. The maximum Gasteiger partial charge on any atom is 0.165 e. The Kier molecular flexibility index (Phi) is 4.35. The fraction of sp³-hybridized carbons (Fsp3) is 0.500. The van der Waals surface area contributed by atoms with Crippen molar-refractivity contribution in [1.82, 2.24) is 4.90 Å². The van der Waals surface area contributed by atoms with Crippen LogP contribution in [0, 0.1) is 5.92 Å². The van der Waals surface area contributed by atoms with Crippen LogP contribution in [0.25, 0.3) is 0 Å². The molecule has 0 radical (unpaired) electrons. The van der Waals surface area contributed by atoms with Crippen LogP contribution >= 0.6 is 15.9 Å². The minimum Gasteiger partial charge on any atom is -0.303 e. The van der Waals surface area contributed by atoms with Gasteiger partial charge in [0.25, 0.3) is 0 Å². The molecule has 2 nitrogen and oxygen atoms in total. The molecule has 1 unspecified atom stereocenters. The van der Waals surface area contributed by atoms with E-state index in [1.165, 1.54) is 6.42 Å². The molecule has 1 atom stereocenters. The average molecular weight is 296 g/mol. The van der Waals surface area contributed by atoms with Gasteiger partial charge in [0.1, 0.15) is 0 Å². The molecule has 3 heteroatoms. The first-order valence-corrected chi connectivity index (χ1v) is 6.96. The molecule has 1 aromatic carbocycles. The van der Waals surface area contributed by atoms with Crippen LogP contribution in [0.2, 0.25) is 0 Å². The number of likely N-dealkylation sites (tertiary alicyclic amines) is 1. The third kappa shape index (κ3) is 3.39. The molecule has 0 aliphatic carbocycles. The molecule has 92 valence electrons. The number of nitrogens with zero attached hydrogens (tertiary/aromatic N) is 1. The van der Waals surface area contributed by atoms with Crippen molar-refractivity contribution >= 4 is 21.7 Å². The van der Waals surface area contributed by atoms with Crippen molar-refractivity contribution in [3.05, 3.63) is 34.3 Å². The van der Waals surface area contributed by atoms with Crippen molar-refractivity contribution in [2.75, 3.05) is 19.6 Å². The third-order valence-electron chi connectivity index (χ3n) is 3.34.